The van der Waals surface area contributed by atoms with E-state index in [0.717, 1.165) is 18.9 Å². The van der Waals surface area contributed by atoms with Gasteiger partial charge in [0.05, 0.1) is 5.69 Å². The van der Waals surface area contributed by atoms with Gasteiger partial charge in [-0.1, -0.05) is 12.8 Å². The molecular formula is C18H24FN3O3. The van der Waals surface area contributed by atoms with E-state index in [1.807, 2.05) is 0 Å². The van der Waals surface area contributed by atoms with Gasteiger partial charge >= 0.3 is 0 Å². The van der Waals surface area contributed by atoms with Crippen molar-refractivity contribution in [2.45, 2.75) is 39.0 Å². The zero-order chi connectivity index (χ0) is 18.2. The van der Waals surface area contributed by atoms with Crippen LogP contribution in [0, 0.1) is 11.7 Å². The van der Waals surface area contributed by atoms with Gasteiger partial charge in [0, 0.05) is 32.0 Å². The Balaban J connectivity index is 1.74. The van der Waals surface area contributed by atoms with Gasteiger partial charge in [-0.25, -0.2) is 4.39 Å². The summed E-state index contributed by atoms with van der Waals surface area (Å²) in [6.45, 7) is 1.89. The highest BCUT2D eigenvalue weighted by atomic mass is 19.1. The van der Waals surface area contributed by atoms with Crippen molar-refractivity contribution < 1.29 is 18.8 Å². The lowest BCUT2D eigenvalue weighted by atomic mass is 10.0. The van der Waals surface area contributed by atoms with E-state index < -0.39 is 17.6 Å². The topological polar surface area (TPSA) is 87.3 Å². The Morgan fingerprint density at radius 3 is 2.48 bits per heavy atom. The predicted octanol–water partition coefficient (Wildman–Crippen LogP) is 2.21. The molecule has 136 valence electrons. The minimum atomic E-state index is -0.606. The number of benzene rings is 1. The number of carbonyl (C=O) groups excluding carboxylic acids is 3. The summed E-state index contributed by atoms with van der Waals surface area (Å²) in [6, 6.07) is 3.75. The van der Waals surface area contributed by atoms with Crippen molar-refractivity contribution >= 4 is 23.4 Å². The Hall–Kier alpha value is -2.44. The van der Waals surface area contributed by atoms with E-state index in [1.165, 1.54) is 31.9 Å². The van der Waals surface area contributed by atoms with Crippen LogP contribution in [0.2, 0.25) is 0 Å². The highest BCUT2D eigenvalue weighted by molar-refractivity contribution is 5.96. The van der Waals surface area contributed by atoms with E-state index in [1.54, 1.807) is 0 Å². The Kier molecular flexibility index (Phi) is 6.91. The van der Waals surface area contributed by atoms with Gasteiger partial charge in [-0.3, -0.25) is 14.4 Å². The third-order valence-corrected chi connectivity index (χ3v) is 4.22. The lowest BCUT2D eigenvalue weighted by molar-refractivity contribution is -0.122. The number of carbonyl (C=O) groups is 3. The molecule has 1 aromatic rings. The minimum Gasteiger partial charge on any atom is -0.354 e. The number of rotatable bonds is 7. The summed E-state index contributed by atoms with van der Waals surface area (Å²) in [4.78, 5) is 34.9. The Morgan fingerprint density at radius 1 is 1.12 bits per heavy atom. The zero-order valence-corrected chi connectivity index (χ0v) is 14.4. The molecule has 0 atom stereocenters. The number of nitrogens with one attached hydrogen (secondary N) is 3. The molecular weight excluding hydrogens is 325 g/mol. The second kappa shape index (κ2) is 9.15. The van der Waals surface area contributed by atoms with Gasteiger partial charge in [-0.15, -0.1) is 0 Å². The number of anilines is 1. The Bertz CT molecular complexity index is 642. The highest BCUT2D eigenvalue weighted by Crippen LogP contribution is 2.27. The highest BCUT2D eigenvalue weighted by Gasteiger charge is 2.18. The third kappa shape index (κ3) is 6.17. The summed E-state index contributed by atoms with van der Waals surface area (Å²) in [5, 5.41) is 7.79. The molecule has 0 saturated heterocycles. The van der Waals surface area contributed by atoms with Crippen molar-refractivity contribution in [3.63, 3.8) is 0 Å². The molecule has 0 radical (unpaired) electrons. The Labute approximate surface area is 146 Å². The van der Waals surface area contributed by atoms with Crippen LogP contribution >= 0.6 is 0 Å². The van der Waals surface area contributed by atoms with E-state index in [-0.39, 0.29) is 23.7 Å². The average molecular weight is 349 g/mol. The first kappa shape index (κ1) is 18.9. The van der Waals surface area contributed by atoms with Crippen molar-refractivity contribution in [1.29, 1.82) is 0 Å². The minimum absolute atomic E-state index is 0.0101. The molecule has 0 heterocycles. The molecule has 7 heteroatoms. The van der Waals surface area contributed by atoms with Gasteiger partial charge in [0.1, 0.15) is 5.82 Å². The maximum Gasteiger partial charge on any atom is 0.251 e. The van der Waals surface area contributed by atoms with E-state index >= 15 is 0 Å². The fraction of sp³-hybridized carbons (Fsp3) is 0.500. The third-order valence-electron chi connectivity index (χ3n) is 4.22. The van der Waals surface area contributed by atoms with Gasteiger partial charge in [-0.2, -0.15) is 0 Å². The standard InChI is InChI=1S/C18H24FN3O3/c1-12(23)22-16-11-14(6-7-15(16)19)18(25)21-9-8-20-17(24)10-13-4-2-3-5-13/h6-7,11,13H,2-5,8-10H2,1H3,(H,20,24)(H,21,25)(H,22,23). The summed E-state index contributed by atoms with van der Waals surface area (Å²) in [7, 11) is 0. The molecule has 0 aromatic heterocycles. The first-order valence-corrected chi connectivity index (χ1v) is 8.57. The lowest BCUT2D eigenvalue weighted by Crippen LogP contribution is -2.35. The van der Waals surface area contributed by atoms with E-state index in [9.17, 15) is 18.8 Å². The van der Waals surface area contributed by atoms with Crippen LogP contribution in [0.4, 0.5) is 10.1 Å². The van der Waals surface area contributed by atoms with E-state index in [4.69, 9.17) is 0 Å². The second-order valence-corrected chi connectivity index (χ2v) is 6.34. The SMILES string of the molecule is CC(=O)Nc1cc(C(=O)NCCNC(=O)CC2CCCC2)ccc1F. The molecule has 1 fully saturated rings. The van der Waals surface area contributed by atoms with Gasteiger partial charge in [-0.05, 0) is 37.0 Å². The zero-order valence-electron chi connectivity index (χ0n) is 14.4. The van der Waals surface area contributed by atoms with Crippen molar-refractivity contribution in [1.82, 2.24) is 10.6 Å². The first-order valence-electron chi connectivity index (χ1n) is 8.57. The number of amides is 3. The fourth-order valence-electron chi connectivity index (χ4n) is 2.98. The molecule has 3 amide bonds. The molecule has 3 N–H and O–H groups in total. The molecule has 1 aliphatic carbocycles. The van der Waals surface area contributed by atoms with Crippen molar-refractivity contribution in [3.8, 4) is 0 Å². The van der Waals surface area contributed by atoms with Crippen LogP contribution in [-0.2, 0) is 9.59 Å². The normalized spacial score (nSPS) is 14.2. The fourth-order valence-corrected chi connectivity index (χ4v) is 2.98. The van der Waals surface area contributed by atoms with Crippen molar-refractivity contribution in [2.75, 3.05) is 18.4 Å². The van der Waals surface area contributed by atoms with Gasteiger partial charge in [0.15, 0.2) is 0 Å². The quantitative estimate of drug-likeness (QED) is 0.660. The summed E-state index contributed by atoms with van der Waals surface area (Å²) in [5.74, 6) is -0.916. The molecule has 1 saturated carbocycles. The molecule has 1 aliphatic rings. The summed E-state index contributed by atoms with van der Waals surface area (Å²) in [5.41, 5.74) is 0.201. The lowest BCUT2D eigenvalue weighted by Gasteiger charge is -2.11. The van der Waals surface area contributed by atoms with Gasteiger partial charge in [0.25, 0.3) is 5.91 Å². The van der Waals surface area contributed by atoms with Crippen LogP contribution in [-0.4, -0.2) is 30.8 Å². The molecule has 0 bridgehead atoms. The van der Waals surface area contributed by atoms with E-state index in [0.29, 0.717) is 18.9 Å². The molecule has 25 heavy (non-hydrogen) atoms. The predicted molar refractivity (Wildman–Crippen MR) is 92.6 cm³/mol. The summed E-state index contributed by atoms with van der Waals surface area (Å²) < 4.78 is 13.6. The van der Waals surface area contributed by atoms with Gasteiger partial charge < -0.3 is 16.0 Å². The smallest absolute Gasteiger partial charge is 0.251 e. The molecule has 0 spiro atoms. The van der Waals surface area contributed by atoms with Crippen LogP contribution in [0.3, 0.4) is 0 Å². The van der Waals surface area contributed by atoms with Crippen LogP contribution in [0.1, 0.15) is 49.4 Å². The number of halogens is 1. The Morgan fingerprint density at radius 2 is 1.80 bits per heavy atom. The molecule has 6 nitrogen and oxygen atoms in total. The van der Waals surface area contributed by atoms with Crippen LogP contribution in [0.5, 0.6) is 0 Å². The molecule has 2 rings (SSSR count). The van der Waals surface area contributed by atoms with Crippen molar-refractivity contribution in [2.24, 2.45) is 5.92 Å². The molecule has 0 aliphatic heterocycles. The average Bonchev–Trinajstić information content (AvgIpc) is 3.06. The molecule has 1 aromatic carbocycles. The van der Waals surface area contributed by atoms with Crippen LogP contribution in [0.25, 0.3) is 0 Å². The largest absolute Gasteiger partial charge is 0.354 e. The monoisotopic (exact) mass is 349 g/mol. The number of hydrogen-bond acceptors (Lipinski definition) is 3. The number of hydrogen-bond donors (Lipinski definition) is 3. The summed E-state index contributed by atoms with van der Waals surface area (Å²) in [6.07, 6.45) is 5.18. The molecule has 0 unspecified atom stereocenters. The summed E-state index contributed by atoms with van der Waals surface area (Å²) >= 11 is 0. The maximum atomic E-state index is 13.6. The van der Waals surface area contributed by atoms with Crippen LogP contribution in [0.15, 0.2) is 18.2 Å². The maximum absolute atomic E-state index is 13.6. The first-order chi connectivity index (χ1) is 12.0. The van der Waals surface area contributed by atoms with E-state index in [2.05, 4.69) is 16.0 Å². The van der Waals surface area contributed by atoms with Gasteiger partial charge in [0.2, 0.25) is 11.8 Å². The van der Waals surface area contributed by atoms with Crippen LogP contribution < -0.4 is 16.0 Å². The second-order valence-electron chi connectivity index (χ2n) is 6.34. The van der Waals surface area contributed by atoms with Crippen molar-refractivity contribution in [3.05, 3.63) is 29.6 Å².